The summed E-state index contributed by atoms with van der Waals surface area (Å²) in [5.41, 5.74) is 2.97. The zero-order valence-electron chi connectivity index (χ0n) is 10.4. The minimum absolute atomic E-state index is 0.143. The summed E-state index contributed by atoms with van der Waals surface area (Å²) in [6.45, 7) is 4.41. The molecule has 0 atom stereocenters. The van der Waals surface area contributed by atoms with Crippen LogP contribution >= 0.6 is 0 Å². The summed E-state index contributed by atoms with van der Waals surface area (Å²) >= 11 is 0. The van der Waals surface area contributed by atoms with Gasteiger partial charge in [0.25, 0.3) is 5.69 Å². The van der Waals surface area contributed by atoms with Gasteiger partial charge in [-0.05, 0) is 25.5 Å². The molecule has 0 aliphatic carbocycles. The molecule has 0 saturated carbocycles. The van der Waals surface area contributed by atoms with Crippen molar-refractivity contribution in [3.63, 3.8) is 0 Å². The van der Waals surface area contributed by atoms with E-state index in [-0.39, 0.29) is 10.6 Å². The Bertz CT molecular complexity index is 483. The Kier molecular flexibility index (Phi) is 3.94. The first-order chi connectivity index (χ1) is 8.68. The van der Waals surface area contributed by atoms with Crippen molar-refractivity contribution in [2.45, 2.75) is 13.3 Å². The Morgan fingerprint density at radius 3 is 3.00 bits per heavy atom. The van der Waals surface area contributed by atoms with Gasteiger partial charge in [0.15, 0.2) is 0 Å². The van der Waals surface area contributed by atoms with Crippen LogP contribution < -0.4 is 10.6 Å². The topological polar surface area (TPSA) is 67.2 Å². The molecule has 1 heterocycles. The lowest BCUT2D eigenvalue weighted by Gasteiger charge is -2.16. The molecule has 2 rings (SSSR count). The van der Waals surface area contributed by atoms with Crippen molar-refractivity contribution >= 4 is 11.4 Å². The fourth-order valence-corrected chi connectivity index (χ4v) is 2.07. The van der Waals surface area contributed by atoms with Gasteiger partial charge in [-0.2, -0.15) is 0 Å². The largest absolute Gasteiger partial charge is 0.376 e. The third kappa shape index (κ3) is 2.87. The highest BCUT2D eigenvalue weighted by Gasteiger charge is 2.15. The van der Waals surface area contributed by atoms with Gasteiger partial charge in [-0.1, -0.05) is 23.8 Å². The first-order valence-electron chi connectivity index (χ1n) is 6.05. The quantitative estimate of drug-likeness (QED) is 0.486. The number of nitrogens with one attached hydrogen (secondary N) is 2. The Hall–Kier alpha value is -1.88. The Labute approximate surface area is 106 Å². The second-order valence-corrected chi connectivity index (χ2v) is 4.40. The van der Waals surface area contributed by atoms with Crippen LogP contribution in [0.1, 0.15) is 12.0 Å². The highest BCUT2D eigenvalue weighted by Crippen LogP contribution is 2.27. The number of nitrogens with zero attached hydrogens (tertiary/aromatic N) is 1. The van der Waals surface area contributed by atoms with Crippen LogP contribution in [0.4, 0.5) is 11.4 Å². The molecule has 0 saturated heterocycles. The molecule has 0 aromatic heterocycles. The van der Waals surface area contributed by atoms with E-state index in [1.807, 2.05) is 13.0 Å². The van der Waals surface area contributed by atoms with E-state index in [1.54, 1.807) is 6.07 Å². The van der Waals surface area contributed by atoms with Gasteiger partial charge in [-0.3, -0.25) is 10.1 Å². The smallest absolute Gasteiger partial charge is 0.292 e. The molecule has 1 aliphatic heterocycles. The van der Waals surface area contributed by atoms with Gasteiger partial charge >= 0.3 is 0 Å². The maximum absolute atomic E-state index is 11.0. The number of benzene rings is 1. The van der Waals surface area contributed by atoms with E-state index in [9.17, 15) is 10.1 Å². The van der Waals surface area contributed by atoms with Gasteiger partial charge in [0.1, 0.15) is 5.69 Å². The van der Waals surface area contributed by atoms with Crippen molar-refractivity contribution in [2.24, 2.45) is 0 Å². The monoisotopic (exact) mass is 247 g/mol. The zero-order valence-corrected chi connectivity index (χ0v) is 10.4. The normalized spacial score (nSPS) is 15.1. The Morgan fingerprint density at radius 1 is 1.50 bits per heavy atom. The molecular formula is C13H17N3O2. The second kappa shape index (κ2) is 5.64. The zero-order chi connectivity index (χ0) is 13.0. The maximum atomic E-state index is 11.0. The standard InChI is InChI=1S/C13H17N3O2/c1-10-3-2-4-12(16(17)18)13(10)15-9-11-5-7-14-8-6-11/h2-5,14-15H,6-9H2,1H3. The number of para-hydroxylation sites is 1. The van der Waals surface area contributed by atoms with Crippen LogP contribution in [-0.2, 0) is 0 Å². The van der Waals surface area contributed by atoms with Crippen molar-refractivity contribution in [1.29, 1.82) is 0 Å². The van der Waals surface area contributed by atoms with Crippen LogP contribution in [0, 0.1) is 17.0 Å². The molecule has 1 aliphatic rings. The predicted molar refractivity (Wildman–Crippen MR) is 71.9 cm³/mol. The predicted octanol–water partition coefficient (Wildman–Crippen LogP) is 2.23. The van der Waals surface area contributed by atoms with E-state index >= 15 is 0 Å². The molecule has 0 spiro atoms. The molecule has 0 fully saturated rings. The number of rotatable bonds is 4. The molecule has 0 amide bonds. The third-order valence-corrected chi connectivity index (χ3v) is 3.10. The molecule has 0 bridgehead atoms. The lowest BCUT2D eigenvalue weighted by atomic mass is 10.1. The van der Waals surface area contributed by atoms with Crippen LogP contribution in [-0.4, -0.2) is 24.6 Å². The SMILES string of the molecule is Cc1cccc([N+](=O)[O-])c1NCC1=CCNCC1. The van der Waals surface area contributed by atoms with Crippen molar-refractivity contribution < 1.29 is 4.92 Å². The van der Waals surface area contributed by atoms with Crippen LogP contribution in [0.3, 0.4) is 0 Å². The van der Waals surface area contributed by atoms with E-state index in [0.717, 1.165) is 25.1 Å². The average Bonchev–Trinajstić information content (AvgIpc) is 2.38. The molecule has 18 heavy (non-hydrogen) atoms. The third-order valence-electron chi connectivity index (χ3n) is 3.10. The van der Waals surface area contributed by atoms with Crippen molar-refractivity contribution in [1.82, 2.24) is 5.32 Å². The van der Waals surface area contributed by atoms with Crippen molar-refractivity contribution in [3.05, 3.63) is 45.5 Å². The van der Waals surface area contributed by atoms with E-state index in [1.165, 1.54) is 11.6 Å². The van der Waals surface area contributed by atoms with Crippen molar-refractivity contribution in [3.8, 4) is 0 Å². The highest BCUT2D eigenvalue weighted by atomic mass is 16.6. The van der Waals surface area contributed by atoms with Crippen LogP contribution in [0.5, 0.6) is 0 Å². The van der Waals surface area contributed by atoms with Crippen LogP contribution in [0.2, 0.25) is 0 Å². The second-order valence-electron chi connectivity index (χ2n) is 4.40. The van der Waals surface area contributed by atoms with E-state index in [0.29, 0.717) is 12.2 Å². The summed E-state index contributed by atoms with van der Waals surface area (Å²) in [5.74, 6) is 0. The van der Waals surface area contributed by atoms with E-state index < -0.39 is 0 Å². The van der Waals surface area contributed by atoms with Crippen LogP contribution in [0.25, 0.3) is 0 Å². The number of nitro groups is 1. The molecule has 0 radical (unpaired) electrons. The van der Waals surface area contributed by atoms with Gasteiger partial charge < -0.3 is 10.6 Å². The number of hydrogen-bond acceptors (Lipinski definition) is 4. The Morgan fingerprint density at radius 2 is 2.33 bits per heavy atom. The van der Waals surface area contributed by atoms with Gasteiger partial charge in [0, 0.05) is 19.2 Å². The number of nitro benzene ring substituents is 1. The van der Waals surface area contributed by atoms with Crippen LogP contribution in [0.15, 0.2) is 29.8 Å². The first kappa shape index (κ1) is 12.6. The molecular weight excluding hydrogens is 230 g/mol. The molecule has 5 heteroatoms. The summed E-state index contributed by atoms with van der Waals surface area (Å²) in [6, 6.07) is 5.13. The summed E-state index contributed by atoms with van der Waals surface area (Å²) in [4.78, 5) is 10.6. The van der Waals surface area contributed by atoms with Gasteiger partial charge in [0.05, 0.1) is 4.92 Å². The van der Waals surface area contributed by atoms with E-state index in [4.69, 9.17) is 0 Å². The molecule has 1 aromatic carbocycles. The highest BCUT2D eigenvalue weighted by molar-refractivity contribution is 5.66. The van der Waals surface area contributed by atoms with Gasteiger partial charge in [-0.15, -0.1) is 0 Å². The summed E-state index contributed by atoms with van der Waals surface area (Å²) < 4.78 is 0. The Balaban J connectivity index is 2.13. The van der Waals surface area contributed by atoms with E-state index in [2.05, 4.69) is 16.7 Å². The summed E-state index contributed by atoms with van der Waals surface area (Å²) in [7, 11) is 0. The fraction of sp³-hybridized carbons (Fsp3) is 0.385. The number of hydrogen-bond donors (Lipinski definition) is 2. The molecule has 1 aromatic rings. The summed E-state index contributed by atoms with van der Waals surface area (Å²) in [5, 5.41) is 17.4. The van der Waals surface area contributed by atoms with Crippen molar-refractivity contribution in [2.75, 3.05) is 25.0 Å². The minimum Gasteiger partial charge on any atom is -0.376 e. The minimum atomic E-state index is -0.341. The first-order valence-corrected chi connectivity index (χ1v) is 6.05. The lowest BCUT2D eigenvalue weighted by molar-refractivity contribution is -0.384. The molecule has 96 valence electrons. The number of aryl methyl sites for hydroxylation is 1. The fourth-order valence-electron chi connectivity index (χ4n) is 2.07. The molecule has 0 unspecified atom stereocenters. The maximum Gasteiger partial charge on any atom is 0.292 e. The van der Waals surface area contributed by atoms with Gasteiger partial charge in [0.2, 0.25) is 0 Å². The average molecular weight is 247 g/mol. The molecule has 2 N–H and O–H groups in total. The van der Waals surface area contributed by atoms with Gasteiger partial charge in [-0.25, -0.2) is 0 Å². The summed E-state index contributed by atoms with van der Waals surface area (Å²) in [6.07, 6.45) is 3.13. The lowest BCUT2D eigenvalue weighted by Crippen LogP contribution is -2.23. The molecule has 5 nitrogen and oxygen atoms in total. The number of anilines is 1.